The Morgan fingerprint density at radius 1 is 0.806 bits per heavy atom. The lowest BCUT2D eigenvalue weighted by atomic mass is 9.96. The summed E-state index contributed by atoms with van der Waals surface area (Å²) < 4.78 is 18.5. The molecule has 0 aromatic heterocycles. The van der Waals surface area contributed by atoms with Crippen molar-refractivity contribution in [1.29, 1.82) is 0 Å². The van der Waals surface area contributed by atoms with Crippen LogP contribution in [0.3, 0.4) is 0 Å². The van der Waals surface area contributed by atoms with E-state index in [4.69, 9.17) is 13.9 Å². The third-order valence-electron chi connectivity index (χ3n) is 6.85. The molecule has 3 aromatic rings. The molecule has 4 nitrogen and oxygen atoms in total. The zero-order valence-corrected chi connectivity index (χ0v) is 23.3. The molecule has 0 aliphatic rings. The third-order valence-corrected chi connectivity index (χ3v) is 11.9. The van der Waals surface area contributed by atoms with Crippen LogP contribution in [0.2, 0.25) is 5.04 Å². The first-order valence-corrected chi connectivity index (χ1v) is 14.6. The van der Waals surface area contributed by atoms with E-state index in [1.54, 1.807) is 7.11 Å². The van der Waals surface area contributed by atoms with Gasteiger partial charge in [-0.15, -0.1) is 0 Å². The first-order chi connectivity index (χ1) is 17.2. The van der Waals surface area contributed by atoms with Crippen molar-refractivity contribution in [2.24, 2.45) is 0 Å². The summed E-state index contributed by atoms with van der Waals surface area (Å²) >= 11 is 0. The maximum absolute atomic E-state index is 11.5. The Bertz CT molecular complexity index is 1020. The predicted molar refractivity (Wildman–Crippen MR) is 150 cm³/mol. The molecule has 5 heteroatoms. The van der Waals surface area contributed by atoms with Crippen LogP contribution in [0, 0.1) is 0 Å². The van der Waals surface area contributed by atoms with E-state index in [1.807, 2.05) is 31.2 Å². The summed E-state index contributed by atoms with van der Waals surface area (Å²) in [6, 6.07) is 29.2. The normalized spacial score (nSPS) is 13.7. The Morgan fingerprint density at radius 3 is 1.83 bits per heavy atom. The minimum Gasteiger partial charge on any atom is -0.497 e. The fourth-order valence-electron chi connectivity index (χ4n) is 4.82. The molecule has 0 unspecified atom stereocenters. The van der Waals surface area contributed by atoms with E-state index in [1.165, 1.54) is 10.4 Å². The SMILES string of the molecule is COc1ccc(CO[C@@](C)(CC=O)CCCO[Si](c2ccccc2)(c2ccccc2)C(C)(C)C)cc1. The van der Waals surface area contributed by atoms with Crippen LogP contribution in [0.1, 0.15) is 52.5 Å². The first kappa shape index (κ1) is 27.8. The van der Waals surface area contributed by atoms with Crippen molar-refractivity contribution in [3.05, 3.63) is 90.5 Å². The number of methoxy groups -OCH3 is 1. The highest BCUT2D eigenvalue weighted by Gasteiger charge is 2.50. The number of carbonyl (C=O) groups excluding carboxylic acids is 1. The van der Waals surface area contributed by atoms with Crippen LogP contribution in [0.4, 0.5) is 0 Å². The molecule has 0 amide bonds. The number of rotatable bonds is 13. The molecule has 0 aliphatic heterocycles. The third kappa shape index (κ3) is 6.72. The van der Waals surface area contributed by atoms with Crippen molar-refractivity contribution in [2.45, 2.75) is 64.2 Å². The summed E-state index contributed by atoms with van der Waals surface area (Å²) in [5.74, 6) is 0.815. The van der Waals surface area contributed by atoms with Gasteiger partial charge in [-0.05, 0) is 52.9 Å². The molecule has 0 saturated heterocycles. The average molecular weight is 505 g/mol. The molecule has 0 heterocycles. The second-order valence-electron chi connectivity index (χ2n) is 10.6. The van der Waals surface area contributed by atoms with E-state index in [0.29, 0.717) is 19.6 Å². The van der Waals surface area contributed by atoms with Crippen LogP contribution in [0.15, 0.2) is 84.9 Å². The fourth-order valence-corrected chi connectivity index (χ4v) is 9.43. The van der Waals surface area contributed by atoms with Crippen molar-refractivity contribution in [2.75, 3.05) is 13.7 Å². The van der Waals surface area contributed by atoms with Crippen LogP contribution < -0.4 is 15.1 Å². The zero-order valence-electron chi connectivity index (χ0n) is 22.3. The van der Waals surface area contributed by atoms with Gasteiger partial charge in [0.2, 0.25) is 0 Å². The number of benzene rings is 3. The molecule has 0 saturated carbocycles. The molecule has 0 fully saturated rings. The van der Waals surface area contributed by atoms with Gasteiger partial charge in [-0.25, -0.2) is 0 Å². The predicted octanol–water partition coefficient (Wildman–Crippen LogP) is 5.92. The van der Waals surface area contributed by atoms with Crippen molar-refractivity contribution >= 4 is 25.0 Å². The van der Waals surface area contributed by atoms with Crippen molar-refractivity contribution in [1.82, 2.24) is 0 Å². The number of carbonyl (C=O) groups is 1. The second kappa shape index (κ2) is 12.5. The highest BCUT2D eigenvalue weighted by molar-refractivity contribution is 6.99. The highest BCUT2D eigenvalue weighted by atomic mass is 28.4. The molecule has 0 bridgehead atoms. The van der Waals surface area contributed by atoms with Gasteiger partial charge in [0.15, 0.2) is 0 Å². The second-order valence-corrected chi connectivity index (χ2v) is 14.9. The van der Waals surface area contributed by atoms with Gasteiger partial charge in [0, 0.05) is 13.0 Å². The summed E-state index contributed by atoms with van der Waals surface area (Å²) in [4.78, 5) is 11.5. The summed E-state index contributed by atoms with van der Waals surface area (Å²) in [5, 5.41) is 2.48. The van der Waals surface area contributed by atoms with Crippen molar-refractivity contribution in [3.8, 4) is 5.75 Å². The first-order valence-electron chi connectivity index (χ1n) is 12.7. The number of aldehydes is 1. The fraction of sp³-hybridized carbons (Fsp3) is 0.387. The van der Waals surface area contributed by atoms with Gasteiger partial charge in [0.1, 0.15) is 12.0 Å². The van der Waals surface area contributed by atoms with E-state index >= 15 is 0 Å². The summed E-state index contributed by atoms with van der Waals surface area (Å²) in [6.45, 7) is 9.93. The van der Waals surface area contributed by atoms with Gasteiger partial charge in [0.05, 0.1) is 19.3 Å². The van der Waals surface area contributed by atoms with Gasteiger partial charge in [-0.2, -0.15) is 0 Å². The topological polar surface area (TPSA) is 44.8 Å². The van der Waals surface area contributed by atoms with Gasteiger partial charge < -0.3 is 18.7 Å². The van der Waals surface area contributed by atoms with Crippen molar-refractivity contribution in [3.63, 3.8) is 0 Å². The van der Waals surface area contributed by atoms with Gasteiger partial charge >= 0.3 is 0 Å². The van der Waals surface area contributed by atoms with E-state index in [2.05, 4.69) is 81.4 Å². The molecule has 0 N–H and O–H groups in total. The van der Waals surface area contributed by atoms with E-state index in [-0.39, 0.29) is 5.04 Å². The van der Waals surface area contributed by atoms with E-state index in [0.717, 1.165) is 30.4 Å². The highest BCUT2D eigenvalue weighted by Crippen LogP contribution is 2.37. The summed E-state index contributed by atoms with van der Waals surface area (Å²) in [6.07, 6.45) is 2.84. The largest absolute Gasteiger partial charge is 0.497 e. The van der Waals surface area contributed by atoms with E-state index < -0.39 is 13.9 Å². The molecule has 0 aliphatic carbocycles. The van der Waals surface area contributed by atoms with Gasteiger partial charge in [-0.3, -0.25) is 0 Å². The van der Waals surface area contributed by atoms with Gasteiger partial charge in [0.25, 0.3) is 8.32 Å². The molecule has 0 radical (unpaired) electrons. The Morgan fingerprint density at radius 2 is 1.36 bits per heavy atom. The minimum absolute atomic E-state index is 0.0628. The average Bonchev–Trinajstić information content (AvgIpc) is 2.88. The Hall–Kier alpha value is -2.73. The summed E-state index contributed by atoms with van der Waals surface area (Å²) in [7, 11) is -0.912. The van der Waals surface area contributed by atoms with Crippen LogP contribution in [-0.2, 0) is 20.6 Å². The Kier molecular flexibility index (Phi) is 9.66. The standard InChI is InChI=1S/C31H40O4Si/c1-30(2,3)36(28-13-8-6-9-14-28,29-15-10-7-11-16-29)35-24-12-21-31(4,22-23-32)34-25-26-17-19-27(33-5)20-18-26/h6-11,13-20,23H,12,21-22,24-25H2,1-5H3/t31-/m1/s1. The monoisotopic (exact) mass is 504 g/mol. The number of hydrogen-bond acceptors (Lipinski definition) is 4. The molecule has 192 valence electrons. The van der Waals surface area contributed by atoms with Crippen LogP contribution in [0.5, 0.6) is 5.75 Å². The lowest BCUT2D eigenvalue weighted by Gasteiger charge is -2.43. The molecule has 3 aromatic carbocycles. The number of ether oxygens (including phenoxy) is 2. The molecular weight excluding hydrogens is 464 g/mol. The van der Waals surface area contributed by atoms with Crippen molar-refractivity contribution < 1.29 is 18.7 Å². The molecule has 0 spiro atoms. The maximum Gasteiger partial charge on any atom is 0.261 e. The van der Waals surface area contributed by atoms with E-state index in [9.17, 15) is 4.79 Å². The Labute approximate surface area is 217 Å². The van der Waals surface area contributed by atoms with Crippen LogP contribution >= 0.6 is 0 Å². The molecule has 36 heavy (non-hydrogen) atoms. The Balaban J connectivity index is 1.74. The van der Waals surface area contributed by atoms with Crippen LogP contribution in [-0.4, -0.2) is 33.9 Å². The quantitative estimate of drug-likeness (QED) is 0.165. The molecular formula is C31H40O4Si. The van der Waals surface area contributed by atoms with Crippen LogP contribution in [0.25, 0.3) is 0 Å². The number of hydrogen-bond donors (Lipinski definition) is 0. The minimum atomic E-state index is -2.57. The summed E-state index contributed by atoms with van der Waals surface area (Å²) in [5.41, 5.74) is 0.507. The molecule has 1 atom stereocenters. The van der Waals surface area contributed by atoms with Gasteiger partial charge in [-0.1, -0.05) is 93.6 Å². The lowest BCUT2D eigenvalue weighted by molar-refractivity contribution is -0.116. The zero-order chi connectivity index (χ0) is 26.1. The maximum atomic E-state index is 11.5. The molecule has 3 rings (SSSR count). The smallest absolute Gasteiger partial charge is 0.261 e. The lowest BCUT2D eigenvalue weighted by Crippen LogP contribution is -2.66.